The first-order valence-electron chi connectivity index (χ1n) is 7.61. The van der Waals surface area contributed by atoms with Crippen molar-refractivity contribution < 1.29 is 9.90 Å². The van der Waals surface area contributed by atoms with Crippen LogP contribution in [0.1, 0.15) is 26.7 Å². The number of hydrogen-bond donors (Lipinski definition) is 2. The molecular weight excluding hydrogens is 254 g/mol. The number of aliphatic carboxylic acids is 1. The van der Waals surface area contributed by atoms with Crippen molar-refractivity contribution in [1.82, 2.24) is 15.1 Å². The minimum atomic E-state index is -0.777. The van der Waals surface area contributed by atoms with Gasteiger partial charge in [0.2, 0.25) is 0 Å². The Labute approximate surface area is 123 Å². The molecule has 1 fully saturated rings. The highest BCUT2D eigenvalue weighted by Crippen LogP contribution is 2.40. The van der Waals surface area contributed by atoms with E-state index in [1.54, 1.807) is 7.05 Å². The second-order valence-corrected chi connectivity index (χ2v) is 6.73. The van der Waals surface area contributed by atoms with Crippen molar-refractivity contribution in [2.75, 3.05) is 47.3 Å². The quantitative estimate of drug-likeness (QED) is 0.626. The SMILES string of the molecule is CNC(CN(CCN(C)C)CC(C)C)(C(=O)O)C1CC1. The molecule has 0 spiro atoms. The molecule has 0 bridgehead atoms. The third kappa shape index (κ3) is 4.72. The molecule has 118 valence electrons. The normalized spacial score (nSPS) is 18.8. The fourth-order valence-electron chi connectivity index (χ4n) is 2.78. The van der Waals surface area contributed by atoms with Crippen LogP contribution in [0.15, 0.2) is 0 Å². The molecule has 2 N–H and O–H groups in total. The van der Waals surface area contributed by atoms with Crippen molar-refractivity contribution in [3.63, 3.8) is 0 Å². The molecule has 0 aromatic rings. The zero-order valence-electron chi connectivity index (χ0n) is 13.6. The number of carboxylic acids is 1. The summed E-state index contributed by atoms with van der Waals surface area (Å²) in [5.41, 5.74) is -0.777. The number of rotatable bonds is 10. The lowest BCUT2D eigenvalue weighted by atomic mass is 9.92. The summed E-state index contributed by atoms with van der Waals surface area (Å²) in [7, 11) is 5.89. The fraction of sp³-hybridized carbons (Fsp3) is 0.933. The fourth-order valence-corrected chi connectivity index (χ4v) is 2.78. The van der Waals surface area contributed by atoms with Gasteiger partial charge in [0.25, 0.3) is 0 Å². The predicted molar refractivity (Wildman–Crippen MR) is 82.0 cm³/mol. The van der Waals surface area contributed by atoms with Crippen LogP contribution in [0.3, 0.4) is 0 Å². The number of carbonyl (C=O) groups is 1. The predicted octanol–water partition coefficient (Wildman–Crippen LogP) is 0.959. The third-order valence-corrected chi connectivity index (χ3v) is 4.06. The average molecular weight is 285 g/mol. The minimum Gasteiger partial charge on any atom is -0.480 e. The zero-order valence-corrected chi connectivity index (χ0v) is 13.6. The van der Waals surface area contributed by atoms with Crippen molar-refractivity contribution in [3.05, 3.63) is 0 Å². The number of nitrogens with zero attached hydrogens (tertiary/aromatic N) is 2. The van der Waals surface area contributed by atoms with E-state index in [2.05, 4.69) is 43.1 Å². The summed E-state index contributed by atoms with van der Waals surface area (Å²) in [4.78, 5) is 16.2. The largest absolute Gasteiger partial charge is 0.480 e. The summed E-state index contributed by atoms with van der Waals surface area (Å²) in [6, 6.07) is 0. The molecule has 5 nitrogen and oxygen atoms in total. The summed E-state index contributed by atoms with van der Waals surface area (Å²) in [5, 5.41) is 12.8. The lowest BCUT2D eigenvalue weighted by Gasteiger charge is -2.36. The van der Waals surface area contributed by atoms with Crippen LogP contribution >= 0.6 is 0 Å². The van der Waals surface area contributed by atoms with E-state index in [0.717, 1.165) is 32.5 Å². The number of likely N-dealkylation sites (N-methyl/N-ethyl adjacent to an activating group) is 2. The summed E-state index contributed by atoms with van der Waals surface area (Å²) in [6.45, 7) is 7.77. The Morgan fingerprint density at radius 1 is 1.35 bits per heavy atom. The average Bonchev–Trinajstić information content (AvgIpc) is 3.16. The van der Waals surface area contributed by atoms with Gasteiger partial charge in [-0.25, -0.2) is 0 Å². The molecule has 5 heteroatoms. The maximum Gasteiger partial charge on any atom is 0.325 e. The van der Waals surface area contributed by atoms with Crippen molar-refractivity contribution in [2.24, 2.45) is 11.8 Å². The van der Waals surface area contributed by atoms with Crippen LogP contribution in [-0.4, -0.2) is 73.7 Å². The van der Waals surface area contributed by atoms with Crippen molar-refractivity contribution in [3.8, 4) is 0 Å². The van der Waals surface area contributed by atoms with Gasteiger partial charge >= 0.3 is 5.97 Å². The Balaban J connectivity index is 2.75. The van der Waals surface area contributed by atoms with Gasteiger partial charge in [-0.05, 0) is 45.8 Å². The number of hydrogen-bond acceptors (Lipinski definition) is 4. The van der Waals surface area contributed by atoms with Crippen LogP contribution in [0.2, 0.25) is 0 Å². The Kier molecular flexibility index (Phi) is 6.43. The first-order valence-corrected chi connectivity index (χ1v) is 7.61. The van der Waals surface area contributed by atoms with Crippen LogP contribution in [0.4, 0.5) is 0 Å². The molecule has 0 aliphatic heterocycles. The molecule has 1 saturated carbocycles. The van der Waals surface area contributed by atoms with Crippen molar-refractivity contribution in [2.45, 2.75) is 32.2 Å². The standard InChI is InChI=1S/C15H31N3O2/c1-12(2)10-18(9-8-17(4)5)11-15(16-3,14(19)20)13-6-7-13/h12-13,16H,6-11H2,1-5H3,(H,19,20). The van der Waals surface area contributed by atoms with E-state index in [-0.39, 0.29) is 5.92 Å². The molecule has 1 atom stereocenters. The van der Waals surface area contributed by atoms with Crippen LogP contribution in [0.5, 0.6) is 0 Å². The Hall–Kier alpha value is -0.650. The van der Waals surface area contributed by atoms with Crippen molar-refractivity contribution in [1.29, 1.82) is 0 Å². The van der Waals surface area contributed by atoms with E-state index in [4.69, 9.17) is 0 Å². The van der Waals surface area contributed by atoms with Crippen LogP contribution in [0, 0.1) is 11.8 Å². The molecule has 0 aromatic heterocycles. The zero-order chi connectivity index (χ0) is 15.3. The van der Waals surface area contributed by atoms with Gasteiger partial charge < -0.3 is 15.3 Å². The molecule has 0 radical (unpaired) electrons. The summed E-state index contributed by atoms with van der Waals surface area (Å²) < 4.78 is 0. The molecule has 0 saturated heterocycles. The Morgan fingerprint density at radius 3 is 2.30 bits per heavy atom. The van der Waals surface area contributed by atoms with E-state index in [9.17, 15) is 9.90 Å². The first-order chi connectivity index (χ1) is 9.31. The number of nitrogens with one attached hydrogen (secondary N) is 1. The van der Waals surface area contributed by atoms with Gasteiger partial charge in [0.1, 0.15) is 5.54 Å². The van der Waals surface area contributed by atoms with E-state index in [1.807, 2.05) is 0 Å². The molecule has 0 heterocycles. The van der Waals surface area contributed by atoms with Gasteiger partial charge in [-0.15, -0.1) is 0 Å². The van der Waals surface area contributed by atoms with Gasteiger partial charge in [0.05, 0.1) is 0 Å². The topological polar surface area (TPSA) is 55.8 Å². The molecule has 1 aliphatic carbocycles. The third-order valence-electron chi connectivity index (χ3n) is 4.06. The van der Waals surface area contributed by atoms with Crippen LogP contribution in [0.25, 0.3) is 0 Å². The van der Waals surface area contributed by atoms with Gasteiger partial charge in [-0.1, -0.05) is 13.8 Å². The highest BCUT2D eigenvalue weighted by molar-refractivity contribution is 5.80. The molecule has 1 aliphatic rings. The highest BCUT2D eigenvalue weighted by Gasteiger charge is 2.51. The Bertz CT molecular complexity index is 316. The van der Waals surface area contributed by atoms with E-state index >= 15 is 0 Å². The van der Waals surface area contributed by atoms with Gasteiger partial charge in [0.15, 0.2) is 0 Å². The Morgan fingerprint density at radius 2 is 1.95 bits per heavy atom. The highest BCUT2D eigenvalue weighted by atomic mass is 16.4. The van der Waals surface area contributed by atoms with E-state index < -0.39 is 11.5 Å². The molecule has 0 amide bonds. The van der Waals surface area contributed by atoms with Gasteiger partial charge in [-0.2, -0.15) is 0 Å². The van der Waals surface area contributed by atoms with E-state index in [0.29, 0.717) is 12.5 Å². The maximum absolute atomic E-state index is 11.8. The first kappa shape index (κ1) is 17.4. The molecule has 1 unspecified atom stereocenters. The molecular formula is C15H31N3O2. The summed E-state index contributed by atoms with van der Waals surface area (Å²) in [5.74, 6) is 0.111. The van der Waals surface area contributed by atoms with Crippen LogP contribution < -0.4 is 5.32 Å². The smallest absolute Gasteiger partial charge is 0.325 e. The summed E-state index contributed by atoms with van der Waals surface area (Å²) >= 11 is 0. The van der Waals surface area contributed by atoms with Gasteiger partial charge in [0, 0.05) is 26.2 Å². The second-order valence-electron chi connectivity index (χ2n) is 6.73. The monoisotopic (exact) mass is 285 g/mol. The molecule has 20 heavy (non-hydrogen) atoms. The molecule has 1 rings (SSSR count). The maximum atomic E-state index is 11.8. The lowest BCUT2D eigenvalue weighted by Crippen LogP contribution is -2.60. The van der Waals surface area contributed by atoms with Crippen LogP contribution in [-0.2, 0) is 4.79 Å². The van der Waals surface area contributed by atoms with E-state index in [1.165, 1.54) is 0 Å². The lowest BCUT2D eigenvalue weighted by molar-refractivity contribution is -0.146. The number of carboxylic acid groups (broad SMARTS) is 1. The van der Waals surface area contributed by atoms with Crippen molar-refractivity contribution >= 4 is 5.97 Å². The summed E-state index contributed by atoms with van der Waals surface area (Å²) in [6.07, 6.45) is 2.05. The molecule has 0 aromatic carbocycles. The van der Waals surface area contributed by atoms with Gasteiger partial charge in [-0.3, -0.25) is 9.69 Å². The minimum absolute atomic E-state index is 0.277. The second kappa shape index (κ2) is 7.38.